The van der Waals surface area contributed by atoms with E-state index in [1.165, 1.54) is 0 Å². The molecular weight excluding hydrogens is 252 g/mol. The number of aromatic nitrogens is 3. The van der Waals surface area contributed by atoms with Gasteiger partial charge in [-0.2, -0.15) is 0 Å². The Morgan fingerprint density at radius 1 is 1.25 bits per heavy atom. The van der Waals surface area contributed by atoms with Crippen LogP contribution in [0, 0.1) is 6.92 Å². The van der Waals surface area contributed by atoms with E-state index in [0.717, 1.165) is 30.8 Å². The molecule has 2 aromatic heterocycles. The molecule has 1 aliphatic rings. The van der Waals surface area contributed by atoms with Crippen LogP contribution in [0.5, 0.6) is 0 Å². The van der Waals surface area contributed by atoms with Crippen molar-refractivity contribution in [2.45, 2.75) is 25.8 Å². The predicted octanol–water partition coefficient (Wildman–Crippen LogP) is 2.16. The highest BCUT2D eigenvalue weighted by Crippen LogP contribution is 2.31. The molecule has 0 aromatic carbocycles. The fourth-order valence-corrected chi connectivity index (χ4v) is 2.54. The summed E-state index contributed by atoms with van der Waals surface area (Å²) >= 11 is 0. The summed E-state index contributed by atoms with van der Waals surface area (Å²) in [5.74, 6) is -0.0642. The predicted molar refractivity (Wildman–Crippen MR) is 74.0 cm³/mol. The molecule has 1 fully saturated rings. The number of carbonyl (C=O) groups is 1. The summed E-state index contributed by atoms with van der Waals surface area (Å²) in [6, 6.07) is 5.86. The van der Waals surface area contributed by atoms with Crippen molar-refractivity contribution in [2.75, 3.05) is 6.54 Å². The molecule has 1 amide bonds. The van der Waals surface area contributed by atoms with Crippen LogP contribution in [0.4, 0.5) is 0 Å². The average Bonchev–Trinajstić information content (AvgIpc) is 2.97. The Morgan fingerprint density at radius 3 is 2.85 bits per heavy atom. The normalized spacial score (nSPS) is 18.2. The van der Waals surface area contributed by atoms with E-state index >= 15 is 0 Å². The maximum absolute atomic E-state index is 12.5. The van der Waals surface area contributed by atoms with Gasteiger partial charge < -0.3 is 4.90 Å². The van der Waals surface area contributed by atoms with Crippen molar-refractivity contribution in [3.05, 3.63) is 53.9 Å². The molecule has 5 nitrogen and oxygen atoms in total. The van der Waals surface area contributed by atoms with E-state index in [2.05, 4.69) is 15.0 Å². The Morgan fingerprint density at radius 2 is 2.15 bits per heavy atom. The molecule has 102 valence electrons. The number of rotatable bonds is 2. The number of pyridine rings is 1. The molecule has 0 bridgehead atoms. The van der Waals surface area contributed by atoms with Crippen molar-refractivity contribution < 1.29 is 4.79 Å². The van der Waals surface area contributed by atoms with Crippen LogP contribution in [0.15, 0.2) is 36.8 Å². The summed E-state index contributed by atoms with van der Waals surface area (Å²) in [6.45, 7) is 2.60. The van der Waals surface area contributed by atoms with Crippen LogP contribution in [0.1, 0.15) is 40.8 Å². The molecule has 0 saturated carbocycles. The van der Waals surface area contributed by atoms with Crippen LogP contribution in [0.25, 0.3) is 0 Å². The molecule has 3 rings (SSSR count). The second kappa shape index (κ2) is 5.36. The third-order valence-electron chi connectivity index (χ3n) is 3.54. The number of nitrogens with zero attached hydrogens (tertiary/aromatic N) is 4. The lowest BCUT2D eigenvalue weighted by Crippen LogP contribution is -2.31. The van der Waals surface area contributed by atoms with Gasteiger partial charge in [-0.3, -0.25) is 14.8 Å². The molecular formula is C15H16N4O. The molecule has 0 radical (unpaired) electrons. The highest BCUT2D eigenvalue weighted by molar-refractivity contribution is 5.92. The summed E-state index contributed by atoms with van der Waals surface area (Å²) in [5.41, 5.74) is 2.15. The quantitative estimate of drug-likeness (QED) is 0.837. The number of hydrogen-bond acceptors (Lipinski definition) is 4. The maximum Gasteiger partial charge on any atom is 0.274 e. The van der Waals surface area contributed by atoms with Crippen molar-refractivity contribution in [1.29, 1.82) is 0 Å². The van der Waals surface area contributed by atoms with E-state index in [-0.39, 0.29) is 11.9 Å². The first kappa shape index (κ1) is 12.7. The lowest BCUT2D eigenvalue weighted by molar-refractivity contribution is 0.0726. The Labute approximate surface area is 117 Å². The Balaban J connectivity index is 1.85. The summed E-state index contributed by atoms with van der Waals surface area (Å²) in [5, 5.41) is 0. The number of hydrogen-bond donors (Lipinski definition) is 0. The molecule has 1 atom stereocenters. The Kier molecular flexibility index (Phi) is 3.41. The van der Waals surface area contributed by atoms with E-state index in [9.17, 15) is 4.79 Å². The largest absolute Gasteiger partial charge is 0.329 e. The number of likely N-dealkylation sites (tertiary alicyclic amines) is 1. The van der Waals surface area contributed by atoms with Crippen LogP contribution < -0.4 is 0 Å². The topological polar surface area (TPSA) is 59.0 Å². The molecule has 5 heteroatoms. The maximum atomic E-state index is 12.5. The van der Waals surface area contributed by atoms with Crippen molar-refractivity contribution in [3.8, 4) is 0 Å². The van der Waals surface area contributed by atoms with Gasteiger partial charge in [0.1, 0.15) is 5.69 Å². The molecule has 0 unspecified atom stereocenters. The fraction of sp³-hybridized carbons (Fsp3) is 0.333. The smallest absolute Gasteiger partial charge is 0.274 e. The first-order valence-corrected chi connectivity index (χ1v) is 6.76. The zero-order chi connectivity index (χ0) is 13.9. The van der Waals surface area contributed by atoms with Crippen molar-refractivity contribution >= 4 is 5.91 Å². The minimum atomic E-state index is -0.0642. The van der Waals surface area contributed by atoms with Gasteiger partial charge in [-0.05, 0) is 31.9 Å². The van der Waals surface area contributed by atoms with Gasteiger partial charge in [0, 0.05) is 18.9 Å². The Hall–Kier alpha value is -2.30. The van der Waals surface area contributed by atoms with Gasteiger partial charge in [0.15, 0.2) is 0 Å². The SMILES string of the molecule is Cc1cnc(C(=O)N2CCC[C@H]2c2ccccn2)cn1. The lowest BCUT2D eigenvalue weighted by atomic mass is 10.1. The van der Waals surface area contributed by atoms with E-state index in [0.29, 0.717) is 5.69 Å². The summed E-state index contributed by atoms with van der Waals surface area (Å²) in [4.78, 5) is 27.1. The number of carbonyl (C=O) groups excluding carboxylic acids is 1. The van der Waals surface area contributed by atoms with Gasteiger partial charge in [0.25, 0.3) is 5.91 Å². The monoisotopic (exact) mass is 268 g/mol. The zero-order valence-corrected chi connectivity index (χ0v) is 11.4. The summed E-state index contributed by atoms with van der Waals surface area (Å²) < 4.78 is 0. The second-order valence-corrected chi connectivity index (χ2v) is 4.95. The first-order valence-electron chi connectivity index (χ1n) is 6.76. The molecule has 20 heavy (non-hydrogen) atoms. The number of aryl methyl sites for hydroxylation is 1. The third kappa shape index (κ3) is 2.39. The molecule has 0 spiro atoms. The van der Waals surface area contributed by atoms with Gasteiger partial charge in [-0.25, -0.2) is 4.98 Å². The third-order valence-corrected chi connectivity index (χ3v) is 3.54. The van der Waals surface area contributed by atoms with Gasteiger partial charge in [-0.15, -0.1) is 0 Å². The highest BCUT2D eigenvalue weighted by atomic mass is 16.2. The van der Waals surface area contributed by atoms with Crippen molar-refractivity contribution in [3.63, 3.8) is 0 Å². The standard InChI is InChI=1S/C15H16N4O/c1-11-9-18-13(10-17-11)15(20)19-8-4-6-14(19)12-5-2-3-7-16-12/h2-3,5,7,9-10,14H,4,6,8H2,1H3/t14-/m0/s1. The van der Waals surface area contributed by atoms with Crippen LogP contribution >= 0.6 is 0 Å². The molecule has 0 N–H and O–H groups in total. The van der Waals surface area contributed by atoms with E-state index in [4.69, 9.17) is 0 Å². The molecule has 1 saturated heterocycles. The minimum Gasteiger partial charge on any atom is -0.329 e. The second-order valence-electron chi connectivity index (χ2n) is 4.95. The van der Waals surface area contributed by atoms with Gasteiger partial charge in [0.05, 0.1) is 23.6 Å². The van der Waals surface area contributed by atoms with Crippen LogP contribution in [-0.2, 0) is 0 Å². The number of amides is 1. The van der Waals surface area contributed by atoms with E-state index < -0.39 is 0 Å². The van der Waals surface area contributed by atoms with Crippen LogP contribution in [-0.4, -0.2) is 32.3 Å². The van der Waals surface area contributed by atoms with Crippen LogP contribution in [0.3, 0.4) is 0 Å². The Bertz CT molecular complexity index is 597. The summed E-state index contributed by atoms with van der Waals surface area (Å²) in [7, 11) is 0. The van der Waals surface area contributed by atoms with Crippen molar-refractivity contribution in [2.24, 2.45) is 0 Å². The van der Waals surface area contributed by atoms with Gasteiger partial charge in [-0.1, -0.05) is 6.07 Å². The van der Waals surface area contributed by atoms with E-state index in [1.54, 1.807) is 18.6 Å². The minimum absolute atomic E-state index is 0.0480. The first-order chi connectivity index (χ1) is 9.75. The molecule has 2 aromatic rings. The highest BCUT2D eigenvalue weighted by Gasteiger charge is 2.31. The fourth-order valence-electron chi connectivity index (χ4n) is 2.54. The van der Waals surface area contributed by atoms with Gasteiger partial charge in [0.2, 0.25) is 0 Å². The molecule has 3 heterocycles. The zero-order valence-electron chi connectivity index (χ0n) is 11.4. The van der Waals surface area contributed by atoms with Crippen molar-refractivity contribution in [1.82, 2.24) is 19.9 Å². The molecule has 0 aliphatic carbocycles. The summed E-state index contributed by atoms with van der Waals surface area (Å²) in [6.07, 6.45) is 6.88. The van der Waals surface area contributed by atoms with Gasteiger partial charge >= 0.3 is 0 Å². The molecule has 1 aliphatic heterocycles. The van der Waals surface area contributed by atoms with Crippen LogP contribution in [0.2, 0.25) is 0 Å². The lowest BCUT2D eigenvalue weighted by Gasteiger charge is -2.23. The van der Waals surface area contributed by atoms with E-state index in [1.807, 2.05) is 30.0 Å². The average molecular weight is 268 g/mol.